The van der Waals surface area contributed by atoms with Gasteiger partial charge in [0.25, 0.3) is 0 Å². The number of hydrogen-bond donors (Lipinski definition) is 2. The van der Waals surface area contributed by atoms with Gasteiger partial charge in [-0.1, -0.05) is 19.8 Å². The number of rotatable bonds is 3. The molecule has 0 spiro atoms. The summed E-state index contributed by atoms with van der Waals surface area (Å²) in [4.78, 5) is 11.5. The van der Waals surface area contributed by atoms with Gasteiger partial charge in [0.15, 0.2) is 0 Å². The molecule has 1 unspecified atom stereocenters. The van der Waals surface area contributed by atoms with Gasteiger partial charge in [-0.3, -0.25) is 4.79 Å². The molecule has 1 aliphatic carbocycles. The molecule has 1 amide bonds. The molecule has 6 nitrogen and oxygen atoms in total. The predicted molar refractivity (Wildman–Crippen MR) is 60.9 cm³/mol. The second kappa shape index (κ2) is 8.19. The molecule has 1 rings (SSSR count). The van der Waals surface area contributed by atoms with Crippen LogP contribution in [0.4, 0.5) is 0 Å². The van der Waals surface area contributed by atoms with Gasteiger partial charge in [0.1, 0.15) is 0 Å². The first-order chi connectivity index (χ1) is 7.84. The second-order valence-electron chi connectivity index (χ2n) is 4.22. The third kappa shape index (κ3) is 7.87. The number of carbonyl (C=O) groups is 1. The van der Waals surface area contributed by atoms with E-state index in [1.54, 1.807) is 13.8 Å². The molecule has 0 saturated heterocycles. The van der Waals surface area contributed by atoms with Crippen LogP contribution in [0.5, 0.6) is 0 Å². The van der Waals surface area contributed by atoms with Crippen molar-refractivity contribution in [1.82, 2.24) is 5.32 Å². The molecule has 2 N–H and O–H groups in total. The number of hydrogen-bond acceptors (Lipinski definition) is 5. The van der Waals surface area contributed by atoms with Crippen molar-refractivity contribution in [3.05, 3.63) is 0 Å². The average Bonchev–Trinajstić information content (AvgIpc) is 2.68. The first-order valence-corrected chi connectivity index (χ1v) is 6.59. The van der Waals surface area contributed by atoms with Crippen molar-refractivity contribution < 1.29 is 22.5 Å². The molecule has 0 aromatic carbocycles. The Morgan fingerprint density at radius 3 is 2.00 bits per heavy atom. The molecular weight excluding hydrogens is 246 g/mol. The van der Waals surface area contributed by atoms with E-state index in [0.29, 0.717) is 6.04 Å². The molecule has 17 heavy (non-hydrogen) atoms. The number of amides is 1. The van der Waals surface area contributed by atoms with Crippen molar-refractivity contribution in [2.75, 3.05) is 0 Å². The normalized spacial score (nSPS) is 18.8. The van der Waals surface area contributed by atoms with Gasteiger partial charge in [0.05, 0.1) is 12.0 Å². The van der Waals surface area contributed by atoms with E-state index in [1.165, 1.54) is 12.8 Å². The molecule has 7 heteroatoms. The summed E-state index contributed by atoms with van der Waals surface area (Å²) in [6, 6.07) is 0.355. The lowest BCUT2D eigenvalue weighted by atomic mass is 10.1. The fourth-order valence-corrected chi connectivity index (χ4v) is 1.62. The highest BCUT2D eigenvalue weighted by molar-refractivity contribution is 7.59. The zero-order valence-electron chi connectivity index (χ0n) is 10.0. The highest BCUT2D eigenvalue weighted by atomic mass is 32.2. The summed E-state index contributed by atoms with van der Waals surface area (Å²) in [5.74, 6) is -0.303. The van der Waals surface area contributed by atoms with E-state index in [1.807, 2.05) is 0 Å². The van der Waals surface area contributed by atoms with Crippen molar-refractivity contribution in [2.24, 2.45) is 5.92 Å². The highest BCUT2D eigenvalue weighted by Gasteiger charge is 2.22. The van der Waals surface area contributed by atoms with E-state index in [9.17, 15) is 9.90 Å². The van der Waals surface area contributed by atoms with Gasteiger partial charge in [-0.2, -0.15) is 0 Å². The summed E-state index contributed by atoms with van der Waals surface area (Å²) in [5.41, 5.74) is 0. The standard InChI is InChI=1S/C10H19NO2.O3S/c1-7(8(2)12)10(13)11-9-5-3-4-6-9;1-4(2)3/h7-9,12H,3-6H2,1-2H3,(H,11,13);/t7-,8?;/m0./s1. The number of nitrogens with one attached hydrogen (secondary N) is 1. The van der Waals surface area contributed by atoms with Crippen LogP contribution < -0.4 is 5.32 Å². The first-order valence-electron chi connectivity index (χ1n) is 5.59. The molecule has 0 heterocycles. The predicted octanol–water partition coefficient (Wildman–Crippen LogP) is 0.0580. The zero-order valence-corrected chi connectivity index (χ0v) is 10.9. The van der Waals surface area contributed by atoms with Crippen molar-refractivity contribution in [3.8, 4) is 0 Å². The van der Waals surface area contributed by atoms with Gasteiger partial charge in [0, 0.05) is 6.04 Å². The Hall–Kier alpha value is -0.950. The summed E-state index contributed by atoms with van der Waals surface area (Å²) in [5, 5.41) is 12.2. The molecule has 0 aromatic rings. The van der Waals surface area contributed by atoms with Gasteiger partial charge >= 0.3 is 10.6 Å². The lowest BCUT2D eigenvalue weighted by Crippen LogP contribution is -2.39. The van der Waals surface area contributed by atoms with Crippen LogP contribution in [0, 0.1) is 5.92 Å². The van der Waals surface area contributed by atoms with Crippen molar-refractivity contribution >= 4 is 16.5 Å². The Morgan fingerprint density at radius 2 is 1.65 bits per heavy atom. The summed E-state index contributed by atoms with van der Waals surface area (Å²) in [6.45, 7) is 3.41. The van der Waals surface area contributed by atoms with Gasteiger partial charge < -0.3 is 10.4 Å². The van der Waals surface area contributed by atoms with Crippen LogP contribution >= 0.6 is 0 Å². The maximum atomic E-state index is 11.5. The Morgan fingerprint density at radius 1 is 1.24 bits per heavy atom. The molecule has 1 aliphatic rings. The minimum absolute atomic E-state index is 0.0121. The quantitative estimate of drug-likeness (QED) is 0.751. The number of aliphatic hydroxyl groups excluding tert-OH is 1. The van der Waals surface area contributed by atoms with E-state index in [-0.39, 0.29) is 11.8 Å². The van der Waals surface area contributed by atoms with Gasteiger partial charge in [0.2, 0.25) is 5.91 Å². The van der Waals surface area contributed by atoms with E-state index >= 15 is 0 Å². The Balaban J connectivity index is 0.000000557. The van der Waals surface area contributed by atoms with Crippen molar-refractivity contribution in [1.29, 1.82) is 0 Å². The average molecular weight is 265 g/mol. The molecular formula is C10H19NO5S. The molecule has 0 bridgehead atoms. The molecule has 0 aliphatic heterocycles. The van der Waals surface area contributed by atoms with E-state index in [0.717, 1.165) is 12.8 Å². The van der Waals surface area contributed by atoms with Crippen molar-refractivity contribution in [3.63, 3.8) is 0 Å². The fourth-order valence-electron chi connectivity index (χ4n) is 1.62. The monoisotopic (exact) mass is 265 g/mol. The number of carbonyl (C=O) groups excluding carboxylic acids is 1. The smallest absolute Gasteiger partial charge is 0.393 e. The Kier molecular flexibility index (Phi) is 7.73. The van der Waals surface area contributed by atoms with Crippen molar-refractivity contribution in [2.45, 2.75) is 51.7 Å². The van der Waals surface area contributed by atoms with Crippen LogP contribution in [0.1, 0.15) is 39.5 Å². The number of aliphatic hydroxyl groups is 1. The molecule has 1 fully saturated rings. The Bertz CT molecular complexity index is 324. The van der Waals surface area contributed by atoms with E-state index in [2.05, 4.69) is 5.32 Å². The van der Waals surface area contributed by atoms with Gasteiger partial charge in [-0.15, -0.1) is 12.6 Å². The summed E-state index contributed by atoms with van der Waals surface area (Å²) in [6.07, 6.45) is 4.07. The molecule has 0 aromatic heterocycles. The SMILES string of the molecule is CC(O)[C@H](C)C(=O)NC1CCCC1.O=S(=O)=O. The molecule has 0 radical (unpaired) electrons. The summed E-state index contributed by atoms with van der Waals surface area (Å²) < 4.78 is 25.3. The lowest BCUT2D eigenvalue weighted by Gasteiger charge is -2.18. The minimum atomic E-state index is -3.11. The molecule has 1 saturated carbocycles. The van der Waals surface area contributed by atoms with Crippen LogP contribution in [-0.2, 0) is 15.4 Å². The van der Waals surface area contributed by atoms with Crippen LogP contribution in [0.2, 0.25) is 0 Å². The second-order valence-corrected chi connectivity index (χ2v) is 4.63. The highest BCUT2D eigenvalue weighted by Crippen LogP contribution is 2.18. The third-order valence-electron chi connectivity index (χ3n) is 2.84. The van der Waals surface area contributed by atoms with E-state index in [4.69, 9.17) is 12.6 Å². The van der Waals surface area contributed by atoms with Crippen LogP contribution in [-0.4, -0.2) is 35.8 Å². The molecule has 100 valence electrons. The largest absolute Gasteiger partial charge is 0.425 e. The van der Waals surface area contributed by atoms with Crippen LogP contribution in [0.3, 0.4) is 0 Å². The van der Waals surface area contributed by atoms with Crippen LogP contribution in [0.25, 0.3) is 0 Å². The van der Waals surface area contributed by atoms with E-state index < -0.39 is 16.7 Å². The first kappa shape index (κ1) is 16.1. The van der Waals surface area contributed by atoms with Crippen LogP contribution in [0.15, 0.2) is 0 Å². The minimum Gasteiger partial charge on any atom is -0.393 e. The fraction of sp³-hybridized carbons (Fsp3) is 0.900. The maximum Gasteiger partial charge on any atom is 0.425 e. The van der Waals surface area contributed by atoms with Gasteiger partial charge in [-0.25, -0.2) is 0 Å². The summed E-state index contributed by atoms with van der Waals surface area (Å²) >= 11 is 0. The summed E-state index contributed by atoms with van der Waals surface area (Å²) in [7, 11) is -3.11. The third-order valence-corrected chi connectivity index (χ3v) is 2.84. The molecule has 2 atom stereocenters. The maximum absolute atomic E-state index is 11.5. The zero-order chi connectivity index (χ0) is 13.4. The Labute approximate surface area is 102 Å². The topological polar surface area (TPSA) is 101 Å². The van der Waals surface area contributed by atoms with Gasteiger partial charge in [-0.05, 0) is 19.8 Å². The lowest BCUT2D eigenvalue weighted by molar-refractivity contribution is -0.128.